The van der Waals surface area contributed by atoms with Crippen LogP contribution in [0.15, 0.2) is 0 Å². The standard InChI is InChI=1S/C14H27NO3/c1-3-15(4-2)9-10-16-13-5-7-14(8-6-13)17-11-12-18-14/h13H,3-12H2,1-2H3. The number of likely N-dealkylation sites (N-methyl/N-ethyl adjacent to an activating group) is 1. The molecule has 2 fully saturated rings. The van der Waals surface area contributed by atoms with Crippen LogP contribution in [0.5, 0.6) is 0 Å². The molecule has 0 aromatic carbocycles. The van der Waals surface area contributed by atoms with Crippen LogP contribution in [0.3, 0.4) is 0 Å². The zero-order valence-corrected chi connectivity index (χ0v) is 11.8. The van der Waals surface area contributed by atoms with Gasteiger partial charge in [0, 0.05) is 19.4 Å². The first kappa shape index (κ1) is 14.3. The van der Waals surface area contributed by atoms with Gasteiger partial charge in [0.15, 0.2) is 5.79 Å². The van der Waals surface area contributed by atoms with E-state index in [1.807, 2.05) is 0 Å². The van der Waals surface area contributed by atoms with E-state index in [1.165, 1.54) is 0 Å². The zero-order valence-electron chi connectivity index (χ0n) is 11.8. The maximum absolute atomic E-state index is 5.97. The molecule has 1 heterocycles. The molecule has 0 aromatic heterocycles. The number of nitrogens with zero attached hydrogens (tertiary/aromatic N) is 1. The number of rotatable bonds is 6. The summed E-state index contributed by atoms with van der Waals surface area (Å²) in [5, 5.41) is 0. The third-order valence-electron chi connectivity index (χ3n) is 4.16. The van der Waals surface area contributed by atoms with Crippen molar-refractivity contribution in [1.82, 2.24) is 4.90 Å². The molecule has 0 aromatic rings. The highest BCUT2D eigenvalue weighted by molar-refractivity contribution is 4.82. The summed E-state index contributed by atoms with van der Waals surface area (Å²) in [6.45, 7) is 10.0. The zero-order chi connectivity index (χ0) is 12.8. The van der Waals surface area contributed by atoms with Crippen LogP contribution in [-0.4, -0.2) is 56.2 Å². The molecule has 0 atom stereocenters. The maximum Gasteiger partial charge on any atom is 0.168 e. The summed E-state index contributed by atoms with van der Waals surface area (Å²) >= 11 is 0. The topological polar surface area (TPSA) is 30.9 Å². The summed E-state index contributed by atoms with van der Waals surface area (Å²) in [6.07, 6.45) is 4.52. The average Bonchev–Trinajstić information content (AvgIpc) is 2.86. The van der Waals surface area contributed by atoms with E-state index < -0.39 is 0 Å². The van der Waals surface area contributed by atoms with E-state index in [1.54, 1.807) is 0 Å². The summed E-state index contributed by atoms with van der Waals surface area (Å²) in [5.41, 5.74) is 0. The highest BCUT2D eigenvalue weighted by atomic mass is 16.7. The molecule has 0 bridgehead atoms. The van der Waals surface area contributed by atoms with E-state index in [0.717, 1.165) is 65.1 Å². The van der Waals surface area contributed by atoms with Gasteiger partial charge in [0.2, 0.25) is 0 Å². The van der Waals surface area contributed by atoms with Gasteiger partial charge in [-0.1, -0.05) is 13.8 Å². The molecule has 0 unspecified atom stereocenters. The summed E-state index contributed by atoms with van der Waals surface area (Å²) in [6, 6.07) is 0. The van der Waals surface area contributed by atoms with Crippen LogP contribution in [0.4, 0.5) is 0 Å². The summed E-state index contributed by atoms with van der Waals surface area (Å²) in [5.74, 6) is -0.251. The fourth-order valence-electron chi connectivity index (χ4n) is 2.87. The van der Waals surface area contributed by atoms with Gasteiger partial charge in [0.05, 0.1) is 25.9 Å². The first-order valence-electron chi connectivity index (χ1n) is 7.40. The molecular weight excluding hydrogens is 230 g/mol. The molecule has 2 aliphatic rings. The summed E-state index contributed by atoms with van der Waals surface area (Å²) < 4.78 is 17.4. The Bertz CT molecular complexity index is 227. The van der Waals surface area contributed by atoms with Crippen molar-refractivity contribution < 1.29 is 14.2 Å². The third-order valence-corrected chi connectivity index (χ3v) is 4.16. The van der Waals surface area contributed by atoms with Crippen molar-refractivity contribution in [3.8, 4) is 0 Å². The van der Waals surface area contributed by atoms with Crippen molar-refractivity contribution in [2.75, 3.05) is 39.5 Å². The predicted octanol–water partition coefficient (Wildman–Crippen LogP) is 2.03. The van der Waals surface area contributed by atoms with Gasteiger partial charge in [-0.3, -0.25) is 0 Å². The Balaban J connectivity index is 1.61. The van der Waals surface area contributed by atoms with Gasteiger partial charge < -0.3 is 19.1 Å². The summed E-state index contributed by atoms with van der Waals surface area (Å²) in [7, 11) is 0. The molecule has 0 amide bonds. The largest absolute Gasteiger partial charge is 0.377 e. The Morgan fingerprint density at radius 2 is 1.72 bits per heavy atom. The molecule has 1 saturated heterocycles. The van der Waals surface area contributed by atoms with Gasteiger partial charge >= 0.3 is 0 Å². The van der Waals surface area contributed by atoms with Gasteiger partial charge in [-0.25, -0.2) is 0 Å². The van der Waals surface area contributed by atoms with Crippen molar-refractivity contribution >= 4 is 0 Å². The van der Waals surface area contributed by atoms with Gasteiger partial charge in [-0.05, 0) is 25.9 Å². The van der Waals surface area contributed by atoms with E-state index in [4.69, 9.17) is 14.2 Å². The van der Waals surface area contributed by atoms with Gasteiger partial charge in [0.25, 0.3) is 0 Å². The Hall–Kier alpha value is -0.160. The van der Waals surface area contributed by atoms with E-state index in [0.29, 0.717) is 6.10 Å². The highest BCUT2D eigenvalue weighted by Gasteiger charge is 2.40. The third kappa shape index (κ3) is 3.67. The van der Waals surface area contributed by atoms with Crippen LogP contribution in [0.25, 0.3) is 0 Å². The van der Waals surface area contributed by atoms with Gasteiger partial charge in [-0.2, -0.15) is 0 Å². The fraction of sp³-hybridized carbons (Fsp3) is 1.00. The van der Waals surface area contributed by atoms with Crippen LogP contribution in [-0.2, 0) is 14.2 Å². The van der Waals surface area contributed by atoms with Crippen molar-refractivity contribution in [2.45, 2.75) is 51.4 Å². The molecule has 18 heavy (non-hydrogen) atoms. The van der Waals surface area contributed by atoms with E-state index >= 15 is 0 Å². The highest BCUT2D eigenvalue weighted by Crippen LogP contribution is 2.36. The molecule has 1 aliphatic heterocycles. The minimum Gasteiger partial charge on any atom is -0.377 e. The van der Waals surface area contributed by atoms with Crippen LogP contribution >= 0.6 is 0 Å². The molecule has 1 aliphatic carbocycles. The predicted molar refractivity (Wildman–Crippen MR) is 70.6 cm³/mol. The first-order valence-corrected chi connectivity index (χ1v) is 7.40. The molecule has 4 heteroatoms. The van der Waals surface area contributed by atoms with Crippen LogP contribution < -0.4 is 0 Å². The SMILES string of the molecule is CCN(CC)CCOC1CCC2(CC1)OCCO2. The number of hydrogen-bond acceptors (Lipinski definition) is 4. The normalized spacial score (nSPS) is 24.2. The van der Waals surface area contributed by atoms with Crippen molar-refractivity contribution in [2.24, 2.45) is 0 Å². The Labute approximate surface area is 111 Å². The number of ether oxygens (including phenoxy) is 3. The first-order chi connectivity index (χ1) is 8.78. The lowest BCUT2D eigenvalue weighted by atomic mass is 9.92. The molecule has 0 N–H and O–H groups in total. The quantitative estimate of drug-likeness (QED) is 0.728. The van der Waals surface area contributed by atoms with Gasteiger partial charge in [-0.15, -0.1) is 0 Å². The monoisotopic (exact) mass is 257 g/mol. The Morgan fingerprint density at radius 3 is 2.28 bits per heavy atom. The minimum absolute atomic E-state index is 0.251. The Kier molecular flexibility index (Phi) is 5.42. The lowest BCUT2D eigenvalue weighted by Gasteiger charge is -2.35. The second-order valence-corrected chi connectivity index (χ2v) is 5.20. The van der Waals surface area contributed by atoms with Gasteiger partial charge in [0.1, 0.15) is 0 Å². The van der Waals surface area contributed by atoms with Crippen LogP contribution in [0.1, 0.15) is 39.5 Å². The van der Waals surface area contributed by atoms with Crippen LogP contribution in [0.2, 0.25) is 0 Å². The molecular formula is C14H27NO3. The molecule has 1 spiro atoms. The molecule has 4 nitrogen and oxygen atoms in total. The van der Waals surface area contributed by atoms with Crippen LogP contribution in [0, 0.1) is 0 Å². The van der Waals surface area contributed by atoms with E-state index in [9.17, 15) is 0 Å². The lowest BCUT2D eigenvalue weighted by Crippen LogP contribution is -2.38. The average molecular weight is 257 g/mol. The smallest absolute Gasteiger partial charge is 0.168 e. The number of hydrogen-bond donors (Lipinski definition) is 0. The molecule has 106 valence electrons. The lowest BCUT2D eigenvalue weighted by molar-refractivity contribution is -0.191. The van der Waals surface area contributed by atoms with Crippen molar-refractivity contribution in [3.63, 3.8) is 0 Å². The maximum atomic E-state index is 5.97. The Morgan fingerprint density at radius 1 is 1.11 bits per heavy atom. The van der Waals surface area contributed by atoms with Crippen molar-refractivity contribution in [3.05, 3.63) is 0 Å². The molecule has 1 saturated carbocycles. The molecule has 0 radical (unpaired) electrons. The summed E-state index contributed by atoms with van der Waals surface area (Å²) in [4.78, 5) is 2.40. The van der Waals surface area contributed by atoms with Crippen molar-refractivity contribution in [1.29, 1.82) is 0 Å². The second-order valence-electron chi connectivity index (χ2n) is 5.20. The minimum atomic E-state index is -0.251. The molecule has 2 rings (SSSR count). The van der Waals surface area contributed by atoms with E-state index in [-0.39, 0.29) is 5.79 Å². The fourth-order valence-corrected chi connectivity index (χ4v) is 2.87. The van der Waals surface area contributed by atoms with E-state index in [2.05, 4.69) is 18.7 Å². The second kappa shape index (κ2) is 6.85.